The van der Waals surface area contributed by atoms with Crippen molar-refractivity contribution in [3.05, 3.63) is 57.6 Å². The average Bonchev–Trinajstić information content (AvgIpc) is 2.70. The van der Waals surface area contributed by atoms with Crippen molar-refractivity contribution < 1.29 is 29.3 Å². The molecule has 0 saturated carbocycles. The fraction of sp³-hybridized carbons (Fsp3) is 0.333. The number of hydrogen-bond donors (Lipinski definition) is 5. The summed E-state index contributed by atoms with van der Waals surface area (Å²) in [6.45, 7) is 3.42. The summed E-state index contributed by atoms with van der Waals surface area (Å²) in [5.41, 5.74) is -3.36. The molecule has 126 valence electrons. The lowest BCUT2D eigenvalue weighted by atomic mass is 9.95. The zero-order chi connectivity index (χ0) is 17.4. The van der Waals surface area contributed by atoms with E-state index in [-0.39, 0.29) is 0 Å². The quantitative estimate of drug-likeness (QED) is 0.322. The Bertz CT molecular complexity index is 793. The molecule has 1 saturated heterocycles. The summed E-state index contributed by atoms with van der Waals surface area (Å²) in [5.74, 6) is 0.503. The maximum Gasteiger partial charge on any atom is 0.348 e. The van der Waals surface area contributed by atoms with Crippen molar-refractivity contribution >= 4 is 7.60 Å². The smallest absolute Gasteiger partial charge is 0.348 e. The zero-order valence-corrected chi connectivity index (χ0v) is 12.5. The van der Waals surface area contributed by atoms with Gasteiger partial charge in [0.25, 0.3) is 5.56 Å². The highest BCUT2D eigenvalue weighted by Crippen LogP contribution is 2.42. The van der Waals surface area contributed by atoms with Crippen LogP contribution in [0.15, 0.2) is 46.4 Å². The first kappa shape index (κ1) is 17.5. The Morgan fingerprint density at radius 2 is 2.04 bits per heavy atom. The maximum absolute atomic E-state index is 11.8. The average molecular weight is 346 g/mol. The van der Waals surface area contributed by atoms with Crippen LogP contribution in [0.1, 0.15) is 6.23 Å². The van der Waals surface area contributed by atoms with E-state index < -0.39 is 42.9 Å². The van der Waals surface area contributed by atoms with Crippen molar-refractivity contribution in [2.45, 2.75) is 24.0 Å². The second-order valence-corrected chi connectivity index (χ2v) is 6.40. The van der Waals surface area contributed by atoms with E-state index in [1.165, 1.54) is 0 Å². The highest BCUT2D eigenvalue weighted by Gasteiger charge is 2.52. The third-order valence-electron chi connectivity index (χ3n) is 3.38. The molecule has 2 unspecified atom stereocenters. The summed E-state index contributed by atoms with van der Waals surface area (Å²) in [5, 5.41) is 20.2. The van der Waals surface area contributed by atoms with Crippen LogP contribution < -0.4 is 11.2 Å². The van der Waals surface area contributed by atoms with Gasteiger partial charge in [-0.05, 0) is 6.08 Å². The van der Waals surface area contributed by atoms with Gasteiger partial charge in [0.1, 0.15) is 17.8 Å². The molecule has 1 aliphatic heterocycles. The van der Waals surface area contributed by atoms with Crippen LogP contribution >= 0.6 is 7.60 Å². The minimum atomic E-state index is -4.55. The number of aliphatic hydroxyl groups excluding tert-OH is 2. The predicted octanol–water partition coefficient (Wildman–Crippen LogP) is -1.60. The molecule has 2 rings (SSSR count). The van der Waals surface area contributed by atoms with Crippen molar-refractivity contribution in [3.8, 4) is 0 Å². The molecule has 0 radical (unpaired) electrons. The number of rotatable bonds is 4. The highest BCUT2D eigenvalue weighted by molar-refractivity contribution is 7.55. The van der Waals surface area contributed by atoms with Crippen LogP contribution in [-0.2, 0) is 9.30 Å². The number of H-pyrrole nitrogens is 1. The summed E-state index contributed by atoms with van der Waals surface area (Å²) in [4.78, 5) is 42.6. The summed E-state index contributed by atoms with van der Waals surface area (Å²) in [6.07, 6.45) is -1.68. The lowest BCUT2D eigenvalue weighted by molar-refractivity contribution is -0.0531. The predicted molar refractivity (Wildman–Crippen MR) is 77.6 cm³/mol. The van der Waals surface area contributed by atoms with E-state index in [4.69, 9.17) is 14.5 Å². The first-order valence-corrected chi connectivity index (χ1v) is 8.02. The Balaban J connectivity index is 2.45. The molecule has 5 N–H and O–H groups in total. The maximum atomic E-state index is 11.8. The van der Waals surface area contributed by atoms with Crippen molar-refractivity contribution in [3.63, 3.8) is 0 Å². The van der Waals surface area contributed by atoms with E-state index >= 15 is 0 Å². The summed E-state index contributed by atoms with van der Waals surface area (Å²) in [7, 11) is -4.55. The lowest BCUT2D eigenvalue weighted by Gasteiger charge is -2.24. The first-order chi connectivity index (χ1) is 10.6. The Hall–Kier alpha value is -1.81. The van der Waals surface area contributed by atoms with Gasteiger partial charge in [-0.3, -0.25) is 18.9 Å². The van der Waals surface area contributed by atoms with E-state index in [9.17, 15) is 24.4 Å². The third-order valence-corrected chi connectivity index (χ3v) is 3.91. The molecule has 1 aromatic heterocycles. The minimum Gasteiger partial charge on any atom is -0.387 e. The van der Waals surface area contributed by atoms with Crippen LogP contribution in [0.5, 0.6) is 0 Å². The minimum absolute atomic E-state index is 0.503. The van der Waals surface area contributed by atoms with Gasteiger partial charge in [-0.1, -0.05) is 12.7 Å². The fourth-order valence-electron chi connectivity index (χ4n) is 2.21. The van der Waals surface area contributed by atoms with Crippen LogP contribution in [0.25, 0.3) is 0 Å². The Morgan fingerprint density at radius 3 is 2.57 bits per heavy atom. The standard InChI is InChI=1S/C12H15N2O8P/c1-2-12(4-6-23(19,20)21)9(17)8(16)10(22-12)14-5-3-7(15)13-11(14)18/h2-6,8-10,16-17H,1H2,(H,13,15,18)(H2,19,20,21)/t8-,9+,10?,12?/m1/s1. The molecule has 0 aromatic carbocycles. The van der Waals surface area contributed by atoms with Crippen molar-refractivity contribution in [2.24, 2.45) is 0 Å². The van der Waals surface area contributed by atoms with Gasteiger partial charge in [-0.25, -0.2) is 4.79 Å². The molecule has 0 spiro atoms. The van der Waals surface area contributed by atoms with Gasteiger partial charge in [0, 0.05) is 18.1 Å². The van der Waals surface area contributed by atoms with Crippen LogP contribution in [0.3, 0.4) is 0 Å². The second kappa shape index (κ2) is 6.00. The highest BCUT2D eigenvalue weighted by atomic mass is 31.2. The molecule has 10 nitrogen and oxygen atoms in total. The number of aromatic nitrogens is 2. The largest absolute Gasteiger partial charge is 0.387 e. The fourth-order valence-corrected chi connectivity index (χ4v) is 2.64. The van der Waals surface area contributed by atoms with E-state index in [1.54, 1.807) is 0 Å². The molecule has 0 amide bonds. The number of ether oxygens (including phenoxy) is 1. The Morgan fingerprint density at radius 1 is 1.39 bits per heavy atom. The number of hydrogen-bond acceptors (Lipinski definition) is 6. The number of aromatic amines is 1. The second-order valence-electron chi connectivity index (χ2n) is 4.92. The number of nitrogens with one attached hydrogen (secondary N) is 1. The number of aliphatic hydroxyl groups is 2. The van der Waals surface area contributed by atoms with Crippen LogP contribution in [0.2, 0.25) is 0 Å². The van der Waals surface area contributed by atoms with Crippen molar-refractivity contribution in [1.29, 1.82) is 0 Å². The van der Waals surface area contributed by atoms with Crippen molar-refractivity contribution in [2.75, 3.05) is 0 Å². The van der Waals surface area contributed by atoms with Crippen molar-refractivity contribution in [1.82, 2.24) is 9.55 Å². The molecule has 0 aliphatic carbocycles. The molecule has 2 heterocycles. The summed E-state index contributed by atoms with van der Waals surface area (Å²) in [6, 6.07) is 1.02. The molecule has 1 aliphatic rings. The molecule has 23 heavy (non-hydrogen) atoms. The third kappa shape index (κ3) is 3.42. The van der Waals surface area contributed by atoms with Gasteiger partial charge in [0.2, 0.25) is 0 Å². The summed E-state index contributed by atoms with van der Waals surface area (Å²) >= 11 is 0. The van der Waals surface area contributed by atoms with E-state index in [0.717, 1.165) is 29.0 Å². The molecular formula is C12H15N2O8P. The van der Waals surface area contributed by atoms with Gasteiger partial charge in [-0.15, -0.1) is 0 Å². The normalized spacial score (nSPS) is 31.6. The topological polar surface area (TPSA) is 162 Å². The van der Waals surface area contributed by atoms with Crippen LogP contribution in [0.4, 0.5) is 0 Å². The molecule has 1 fully saturated rings. The van der Waals surface area contributed by atoms with Gasteiger partial charge in [-0.2, -0.15) is 0 Å². The molecule has 4 atom stereocenters. The first-order valence-electron chi connectivity index (χ1n) is 6.34. The van der Waals surface area contributed by atoms with E-state index in [0.29, 0.717) is 5.82 Å². The van der Waals surface area contributed by atoms with E-state index in [1.807, 2.05) is 4.98 Å². The van der Waals surface area contributed by atoms with Crippen LogP contribution in [-0.4, -0.2) is 47.4 Å². The lowest BCUT2D eigenvalue weighted by Crippen LogP contribution is -2.40. The monoisotopic (exact) mass is 346 g/mol. The van der Waals surface area contributed by atoms with Gasteiger partial charge >= 0.3 is 13.3 Å². The molecular weight excluding hydrogens is 331 g/mol. The van der Waals surface area contributed by atoms with Crippen LogP contribution in [0, 0.1) is 0 Å². The molecule has 1 aromatic rings. The van der Waals surface area contributed by atoms with Gasteiger partial charge in [0.15, 0.2) is 6.23 Å². The SMILES string of the molecule is C=CC1(C=CP(=O)(O)O)OC(n2ccc(=O)[nH]c2=O)[C@H](O)[C@@H]1O. The Labute approximate surface area is 129 Å². The van der Waals surface area contributed by atoms with Gasteiger partial charge in [0.05, 0.1) is 0 Å². The van der Waals surface area contributed by atoms with Gasteiger partial charge < -0.3 is 24.7 Å². The Kier molecular flexibility index (Phi) is 4.58. The summed E-state index contributed by atoms with van der Waals surface area (Å²) < 4.78 is 17.2. The zero-order valence-electron chi connectivity index (χ0n) is 11.6. The molecule has 0 bridgehead atoms. The van der Waals surface area contributed by atoms with E-state index in [2.05, 4.69) is 6.58 Å². The molecule has 11 heteroatoms. The number of nitrogens with zero attached hydrogens (tertiary/aromatic N) is 1.